The SMILES string of the molecule is COC(=O)c1cc(N(C)C(C)CO)ccc1N. The van der Waals surface area contributed by atoms with Crippen molar-refractivity contribution in [2.75, 3.05) is 31.4 Å². The summed E-state index contributed by atoms with van der Waals surface area (Å²) in [5.74, 6) is -0.464. The number of aliphatic hydroxyl groups is 1. The highest BCUT2D eigenvalue weighted by Crippen LogP contribution is 2.22. The predicted octanol–water partition coefficient (Wildman–Crippen LogP) is 0.872. The highest BCUT2D eigenvalue weighted by molar-refractivity contribution is 5.96. The maximum absolute atomic E-state index is 11.5. The van der Waals surface area contributed by atoms with Crippen molar-refractivity contribution in [3.05, 3.63) is 23.8 Å². The van der Waals surface area contributed by atoms with Crippen molar-refractivity contribution in [1.29, 1.82) is 0 Å². The van der Waals surface area contributed by atoms with Gasteiger partial charge in [-0.15, -0.1) is 0 Å². The number of aliphatic hydroxyl groups excluding tert-OH is 1. The van der Waals surface area contributed by atoms with E-state index in [4.69, 9.17) is 10.8 Å². The third-order valence-corrected chi connectivity index (χ3v) is 2.77. The normalized spacial score (nSPS) is 12.0. The number of carbonyl (C=O) groups is 1. The van der Waals surface area contributed by atoms with Gasteiger partial charge in [0.15, 0.2) is 0 Å². The summed E-state index contributed by atoms with van der Waals surface area (Å²) in [6, 6.07) is 5.08. The summed E-state index contributed by atoms with van der Waals surface area (Å²) < 4.78 is 4.65. The summed E-state index contributed by atoms with van der Waals surface area (Å²) in [5, 5.41) is 9.09. The minimum absolute atomic E-state index is 0.0361. The predicted molar refractivity (Wildman–Crippen MR) is 67.1 cm³/mol. The Labute approximate surface area is 101 Å². The molecule has 5 nitrogen and oxygen atoms in total. The monoisotopic (exact) mass is 238 g/mol. The second-order valence-electron chi connectivity index (χ2n) is 3.91. The Balaban J connectivity index is 3.08. The zero-order chi connectivity index (χ0) is 13.0. The molecular formula is C12H18N2O3. The number of nitrogen functional groups attached to an aromatic ring is 1. The highest BCUT2D eigenvalue weighted by Gasteiger charge is 2.14. The molecule has 0 saturated carbocycles. The summed E-state index contributed by atoms with van der Waals surface area (Å²) in [5.41, 5.74) is 7.23. The van der Waals surface area contributed by atoms with E-state index in [0.717, 1.165) is 5.69 Å². The van der Waals surface area contributed by atoms with Crippen LogP contribution >= 0.6 is 0 Å². The fourth-order valence-corrected chi connectivity index (χ4v) is 1.43. The van der Waals surface area contributed by atoms with Crippen molar-refractivity contribution in [2.24, 2.45) is 0 Å². The summed E-state index contributed by atoms with van der Waals surface area (Å²) in [6.45, 7) is 1.92. The molecule has 0 spiro atoms. The van der Waals surface area contributed by atoms with Gasteiger partial charge in [0, 0.05) is 24.5 Å². The number of benzene rings is 1. The minimum Gasteiger partial charge on any atom is -0.465 e. The third kappa shape index (κ3) is 2.88. The number of esters is 1. The Morgan fingerprint density at radius 2 is 2.24 bits per heavy atom. The van der Waals surface area contributed by atoms with E-state index in [-0.39, 0.29) is 12.6 Å². The number of hydrogen-bond donors (Lipinski definition) is 2. The first-order chi connectivity index (χ1) is 8.01. The van der Waals surface area contributed by atoms with Crippen LogP contribution in [0.1, 0.15) is 17.3 Å². The molecule has 0 aliphatic carbocycles. The second kappa shape index (κ2) is 5.54. The van der Waals surface area contributed by atoms with Crippen LogP contribution < -0.4 is 10.6 Å². The zero-order valence-electron chi connectivity index (χ0n) is 10.3. The Bertz CT molecular complexity index is 407. The number of hydrogen-bond acceptors (Lipinski definition) is 5. The molecule has 1 aromatic carbocycles. The molecule has 0 radical (unpaired) electrons. The molecule has 0 bridgehead atoms. The molecule has 5 heteroatoms. The molecule has 0 aromatic heterocycles. The van der Waals surface area contributed by atoms with Crippen LogP contribution in [0.2, 0.25) is 0 Å². The van der Waals surface area contributed by atoms with Crippen molar-refractivity contribution in [3.8, 4) is 0 Å². The maximum Gasteiger partial charge on any atom is 0.340 e. The lowest BCUT2D eigenvalue weighted by molar-refractivity contribution is 0.0602. The Morgan fingerprint density at radius 1 is 1.59 bits per heavy atom. The van der Waals surface area contributed by atoms with E-state index in [1.54, 1.807) is 18.2 Å². The Kier molecular flexibility index (Phi) is 4.34. The fraction of sp³-hybridized carbons (Fsp3) is 0.417. The van der Waals surface area contributed by atoms with Crippen LogP contribution in [0.25, 0.3) is 0 Å². The van der Waals surface area contributed by atoms with Gasteiger partial charge in [0.1, 0.15) is 0 Å². The lowest BCUT2D eigenvalue weighted by Crippen LogP contribution is -2.31. The summed E-state index contributed by atoms with van der Waals surface area (Å²) in [6.07, 6.45) is 0. The zero-order valence-corrected chi connectivity index (χ0v) is 10.3. The lowest BCUT2D eigenvalue weighted by Gasteiger charge is -2.25. The Morgan fingerprint density at radius 3 is 2.76 bits per heavy atom. The van der Waals surface area contributed by atoms with Crippen molar-refractivity contribution in [3.63, 3.8) is 0 Å². The molecular weight excluding hydrogens is 220 g/mol. The van der Waals surface area contributed by atoms with Crippen LogP contribution in [0.3, 0.4) is 0 Å². The van der Waals surface area contributed by atoms with Crippen molar-refractivity contribution >= 4 is 17.3 Å². The largest absolute Gasteiger partial charge is 0.465 e. The van der Waals surface area contributed by atoms with Gasteiger partial charge in [-0.25, -0.2) is 4.79 Å². The van der Waals surface area contributed by atoms with Crippen LogP contribution in [0.4, 0.5) is 11.4 Å². The van der Waals surface area contributed by atoms with Gasteiger partial charge < -0.3 is 20.5 Å². The molecule has 17 heavy (non-hydrogen) atoms. The van der Waals surface area contributed by atoms with Crippen LogP contribution in [-0.4, -0.2) is 37.9 Å². The van der Waals surface area contributed by atoms with E-state index < -0.39 is 5.97 Å². The van der Waals surface area contributed by atoms with Gasteiger partial charge >= 0.3 is 5.97 Å². The molecule has 0 aliphatic heterocycles. The average Bonchev–Trinajstić information content (AvgIpc) is 2.36. The molecule has 1 unspecified atom stereocenters. The number of likely N-dealkylation sites (N-methyl/N-ethyl adjacent to an activating group) is 1. The number of methoxy groups -OCH3 is 1. The third-order valence-electron chi connectivity index (χ3n) is 2.77. The Hall–Kier alpha value is -1.75. The molecule has 0 amide bonds. The van der Waals surface area contributed by atoms with E-state index >= 15 is 0 Å². The van der Waals surface area contributed by atoms with Crippen molar-refractivity contribution in [2.45, 2.75) is 13.0 Å². The van der Waals surface area contributed by atoms with Gasteiger partial charge in [0.25, 0.3) is 0 Å². The molecule has 0 saturated heterocycles. The van der Waals surface area contributed by atoms with Crippen LogP contribution in [0, 0.1) is 0 Å². The second-order valence-corrected chi connectivity index (χ2v) is 3.91. The topological polar surface area (TPSA) is 75.8 Å². The summed E-state index contributed by atoms with van der Waals surface area (Å²) >= 11 is 0. The number of nitrogens with two attached hydrogens (primary N) is 1. The fourth-order valence-electron chi connectivity index (χ4n) is 1.43. The van der Waals surface area contributed by atoms with Crippen LogP contribution in [0.5, 0.6) is 0 Å². The summed E-state index contributed by atoms with van der Waals surface area (Å²) in [4.78, 5) is 13.3. The molecule has 1 atom stereocenters. The quantitative estimate of drug-likeness (QED) is 0.601. The average molecular weight is 238 g/mol. The lowest BCUT2D eigenvalue weighted by atomic mass is 10.1. The smallest absolute Gasteiger partial charge is 0.340 e. The van der Waals surface area contributed by atoms with Gasteiger partial charge in [-0.3, -0.25) is 0 Å². The van der Waals surface area contributed by atoms with Crippen LogP contribution in [0.15, 0.2) is 18.2 Å². The van der Waals surface area contributed by atoms with Crippen molar-refractivity contribution < 1.29 is 14.6 Å². The van der Waals surface area contributed by atoms with E-state index in [2.05, 4.69) is 4.74 Å². The number of rotatable bonds is 4. The number of carbonyl (C=O) groups excluding carboxylic acids is 1. The van der Waals surface area contributed by atoms with Crippen LogP contribution in [-0.2, 0) is 4.74 Å². The van der Waals surface area contributed by atoms with Crippen molar-refractivity contribution in [1.82, 2.24) is 0 Å². The van der Waals surface area contributed by atoms with Gasteiger partial charge in [0.2, 0.25) is 0 Å². The molecule has 1 aromatic rings. The molecule has 0 fully saturated rings. The van der Waals surface area contributed by atoms with E-state index in [1.165, 1.54) is 7.11 Å². The number of anilines is 2. The van der Waals surface area contributed by atoms with E-state index in [0.29, 0.717) is 11.3 Å². The number of ether oxygens (including phenoxy) is 1. The first-order valence-corrected chi connectivity index (χ1v) is 5.32. The van der Waals surface area contributed by atoms with Gasteiger partial charge in [-0.1, -0.05) is 0 Å². The highest BCUT2D eigenvalue weighted by atomic mass is 16.5. The van der Waals surface area contributed by atoms with Gasteiger partial charge in [-0.05, 0) is 25.1 Å². The first-order valence-electron chi connectivity index (χ1n) is 5.32. The minimum atomic E-state index is -0.464. The first kappa shape index (κ1) is 13.3. The molecule has 0 heterocycles. The number of nitrogens with zero attached hydrogens (tertiary/aromatic N) is 1. The molecule has 1 rings (SSSR count). The van der Waals surface area contributed by atoms with Gasteiger partial charge in [0.05, 0.1) is 19.3 Å². The summed E-state index contributed by atoms with van der Waals surface area (Å²) in [7, 11) is 3.15. The van der Waals surface area contributed by atoms with E-state index in [1.807, 2.05) is 18.9 Å². The molecule has 0 aliphatic rings. The van der Waals surface area contributed by atoms with E-state index in [9.17, 15) is 4.79 Å². The molecule has 94 valence electrons. The molecule has 3 N–H and O–H groups in total. The standard InChI is InChI=1S/C12H18N2O3/c1-8(7-15)14(2)9-4-5-11(13)10(6-9)12(16)17-3/h4-6,8,15H,7,13H2,1-3H3. The van der Waals surface area contributed by atoms with Gasteiger partial charge in [-0.2, -0.15) is 0 Å². The maximum atomic E-state index is 11.5.